The van der Waals surface area contributed by atoms with Crippen LogP contribution < -0.4 is 5.32 Å². The molecule has 0 radical (unpaired) electrons. The zero-order valence-electron chi connectivity index (χ0n) is 11.8. The molecule has 0 aliphatic rings. The topological polar surface area (TPSA) is 99.0 Å². The van der Waals surface area contributed by atoms with Gasteiger partial charge in [0.1, 0.15) is 0 Å². The Kier molecular flexibility index (Phi) is 5.59. The number of halogens is 1. The fourth-order valence-electron chi connectivity index (χ4n) is 1.71. The van der Waals surface area contributed by atoms with Gasteiger partial charge in [0.05, 0.1) is 25.8 Å². The maximum Gasteiger partial charge on any atom is 0.306 e. The Morgan fingerprint density at radius 3 is 2.91 bits per heavy atom. The Balaban J connectivity index is 1.96. The number of hydrogen-bond acceptors (Lipinski definition) is 6. The molecule has 2 rings (SSSR count). The summed E-state index contributed by atoms with van der Waals surface area (Å²) in [5.41, 5.74) is 0.776. The van der Waals surface area contributed by atoms with E-state index in [0.29, 0.717) is 5.82 Å². The van der Waals surface area contributed by atoms with Crippen molar-refractivity contribution in [2.75, 3.05) is 7.11 Å². The van der Waals surface area contributed by atoms with Gasteiger partial charge in [-0.25, -0.2) is 0 Å². The van der Waals surface area contributed by atoms with Crippen molar-refractivity contribution in [3.8, 4) is 5.69 Å². The summed E-state index contributed by atoms with van der Waals surface area (Å²) in [4.78, 5) is 22.6. The fraction of sp³-hybridized carbons (Fsp3) is 0.308. The highest BCUT2D eigenvalue weighted by Gasteiger charge is 2.11. The third kappa shape index (κ3) is 4.35. The summed E-state index contributed by atoms with van der Waals surface area (Å²) in [7, 11) is 1.28. The van der Waals surface area contributed by atoms with Gasteiger partial charge < -0.3 is 10.1 Å². The number of carbonyl (C=O) groups is 2. The molecule has 0 atom stereocenters. The second-order valence-electron chi connectivity index (χ2n) is 4.34. The molecule has 9 heteroatoms. The molecule has 1 amide bonds. The molecule has 0 unspecified atom stereocenters. The predicted molar refractivity (Wildman–Crippen MR) is 80.0 cm³/mol. The molecule has 2 aromatic rings. The number of methoxy groups -OCH3 is 1. The standard InChI is InChI=1S/C13H14BrN5O3/c1-22-13(21)6-5-12(20)15-8-11-16-17-18-19(11)10-4-2-3-9(14)7-10/h2-4,7H,5-6,8H2,1H3,(H,15,20). The van der Waals surface area contributed by atoms with E-state index in [-0.39, 0.29) is 25.3 Å². The molecule has 22 heavy (non-hydrogen) atoms. The Morgan fingerprint density at radius 2 is 2.18 bits per heavy atom. The number of aromatic nitrogens is 4. The van der Waals surface area contributed by atoms with Crippen LogP contribution in [0.2, 0.25) is 0 Å². The van der Waals surface area contributed by atoms with Crippen LogP contribution in [0.3, 0.4) is 0 Å². The molecule has 0 aliphatic heterocycles. The van der Waals surface area contributed by atoms with Crippen LogP contribution in [0.1, 0.15) is 18.7 Å². The molecule has 0 bridgehead atoms. The van der Waals surface area contributed by atoms with Gasteiger partial charge in [0.2, 0.25) is 5.91 Å². The fourth-order valence-corrected chi connectivity index (χ4v) is 2.10. The van der Waals surface area contributed by atoms with Gasteiger partial charge in [-0.2, -0.15) is 4.68 Å². The highest BCUT2D eigenvalue weighted by molar-refractivity contribution is 9.10. The van der Waals surface area contributed by atoms with E-state index in [4.69, 9.17) is 0 Å². The SMILES string of the molecule is COC(=O)CCC(=O)NCc1nnnn1-c1cccc(Br)c1. The van der Waals surface area contributed by atoms with Crippen LogP contribution in [0, 0.1) is 0 Å². The lowest BCUT2D eigenvalue weighted by Gasteiger charge is -2.06. The van der Waals surface area contributed by atoms with E-state index < -0.39 is 5.97 Å². The third-order valence-corrected chi connectivity index (χ3v) is 3.31. The zero-order valence-corrected chi connectivity index (χ0v) is 13.4. The normalized spacial score (nSPS) is 10.3. The van der Waals surface area contributed by atoms with Gasteiger partial charge in [-0.05, 0) is 28.6 Å². The highest BCUT2D eigenvalue weighted by atomic mass is 79.9. The maximum atomic E-state index is 11.7. The van der Waals surface area contributed by atoms with Gasteiger partial charge in [-0.1, -0.05) is 22.0 Å². The molecule has 8 nitrogen and oxygen atoms in total. The lowest BCUT2D eigenvalue weighted by atomic mass is 10.3. The summed E-state index contributed by atoms with van der Waals surface area (Å²) in [5.74, 6) is -0.201. The summed E-state index contributed by atoms with van der Waals surface area (Å²) < 4.78 is 6.91. The molecule has 0 aliphatic carbocycles. The quantitative estimate of drug-likeness (QED) is 0.764. The first-order chi connectivity index (χ1) is 10.6. The van der Waals surface area contributed by atoms with Gasteiger partial charge in [-0.3, -0.25) is 9.59 Å². The van der Waals surface area contributed by atoms with Crippen LogP contribution in [0.25, 0.3) is 5.69 Å². The number of tetrazole rings is 1. The average molecular weight is 368 g/mol. The number of rotatable bonds is 6. The van der Waals surface area contributed by atoms with Crippen LogP contribution in [0.5, 0.6) is 0 Å². The van der Waals surface area contributed by atoms with Crippen LogP contribution in [-0.2, 0) is 20.9 Å². The van der Waals surface area contributed by atoms with Crippen molar-refractivity contribution < 1.29 is 14.3 Å². The lowest BCUT2D eigenvalue weighted by molar-refractivity contribution is -0.142. The number of ether oxygens (including phenoxy) is 1. The number of benzene rings is 1. The van der Waals surface area contributed by atoms with E-state index in [1.165, 1.54) is 11.8 Å². The van der Waals surface area contributed by atoms with E-state index in [1.807, 2.05) is 24.3 Å². The second-order valence-corrected chi connectivity index (χ2v) is 5.26. The number of esters is 1. The molecule has 1 N–H and O–H groups in total. The second kappa shape index (κ2) is 7.64. The maximum absolute atomic E-state index is 11.7. The zero-order chi connectivity index (χ0) is 15.9. The number of nitrogens with zero attached hydrogens (tertiary/aromatic N) is 4. The van der Waals surface area contributed by atoms with Crippen molar-refractivity contribution >= 4 is 27.8 Å². The summed E-state index contributed by atoms with van der Waals surface area (Å²) in [6.07, 6.45) is 0.101. The predicted octanol–water partition coefficient (Wildman–Crippen LogP) is 0.994. The van der Waals surface area contributed by atoms with E-state index in [0.717, 1.165) is 10.2 Å². The number of carbonyl (C=O) groups excluding carboxylic acids is 2. The minimum atomic E-state index is -0.422. The lowest BCUT2D eigenvalue weighted by Crippen LogP contribution is -2.25. The molecule has 116 valence electrons. The van der Waals surface area contributed by atoms with E-state index in [2.05, 4.69) is 41.5 Å². The van der Waals surface area contributed by atoms with Gasteiger partial charge in [-0.15, -0.1) is 5.10 Å². The van der Waals surface area contributed by atoms with E-state index in [1.54, 1.807) is 0 Å². The summed E-state index contributed by atoms with van der Waals surface area (Å²) in [6, 6.07) is 7.46. The first-order valence-electron chi connectivity index (χ1n) is 6.47. The van der Waals surface area contributed by atoms with E-state index >= 15 is 0 Å². The molecule has 0 fully saturated rings. The van der Waals surface area contributed by atoms with Crippen molar-refractivity contribution in [1.82, 2.24) is 25.5 Å². The Bertz CT molecular complexity index is 673. The van der Waals surface area contributed by atoms with Gasteiger partial charge in [0.15, 0.2) is 5.82 Å². The van der Waals surface area contributed by atoms with Crippen molar-refractivity contribution in [1.29, 1.82) is 0 Å². The average Bonchev–Trinajstić information content (AvgIpc) is 2.99. The Hall–Kier alpha value is -2.29. The van der Waals surface area contributed by atoms with Crippen LogP contribution >= 0.6 is 15.9 Å². The van der Waals surface area contributed by atoms with E-state index in [9.17, 15) is 9.59 Å². The number of hydrogen-bond donors (Lipinski definition) is 1. The number of amides is 1. The first-order valence-corrected chi connectivity index (χ1v) is 7.26. The Morgan fingerprint density at radius 1 is 1.36 bits per heavy atom. The molecule has 0 spiro atoms. The minimum Gasteiger partial charge on any atom is -0.469 e. The largest absolute Gasteiger partial charge is 0.469 e. The van der Waals surface area contributed by atoms with Gasteiger partial charge in [0.25, 0.3) is 0 Å². The molecule has 1 heterocycles. The summed E-state index contributed by atoms with van der Waals surface area (Å²) in [6.45, 7) is 0.166. The molecule has 0 saturated heterocycles. The molecule has 1 aromatic carbocycles. The molecule has 0 saturated carbocycles. The smallest absolute Gasteiger partial charge is 0.306 e. The molecular formula is C13H14BrN5O3. The third-order valence-electron chi connectivity index (χ3n) is 2.81. The molecule has 1 aromatic heterocycles. The summed E-state index contributed by atoms with van der Waals surface area (Å²) in [5, 5.41) is 14.1. The number of nitrogens with one attached hydrogen (secondary N) is 1. The van der Waals surface area contributed by atoms with Gasteiger partial charge >= 0.3 is 5.97 Å². The molecular weight excluding hydrogens is 354 g/mol. The van der Waals surface area contributed by atoms with Crippen molar-refractivity contribution in [3.05, 3.63) is 34.6 Å². The Labute approximate surface area is 135 Å². The van der Waals surface area contributed by atoms with Crippen LogP contribution in [0.4, 0.5) is 0 Å². The summed E-state index contributed by atoms with van der Waals surface area (Å²) >= 11 is 3.38. The van der Waals surface area contributed by atoms with Crippen molar-refractivity contribution in [2.45, 2.75) is 19.4 Å². The van der Waals surface area contributed by atoms with Crippen LogP contribution in [0.15, 0.2) is 28.7 Å². The first kappa shape index (κ1) is 16.1. The van der Waals surface area contributed by atoms with Gasteiger partial charge in [0, 0.05) is 10.9 Å². The highest BCUT2D eigenvalue weighted by Crippen LogP contribution is 2.15. The monoisotopic (exact) mass is 367 g/mol. The van der Waals surface area contributed by atoms with Crippen LogP contribution in [-0.4, -0.2) is 39.2 Å². The van der Waals surface area contributed by atoms with Crippen molar-refractivity contribution in [2.24, 2.45) is 0 Å². The minimum absolute atomic E-state index is 0.0406. The van der Waals surface area contributed by atoms with Crippen molar-refractivity contribution in [3.63, 3.8) is 0 Å².